The standard InChI is InChI=1S/C15H18F2N2O3/c1-3-4-9-19-12(20)15(2,18-14(19)21)10-5-7-11(8-6-10)22-13(16)17/h5-8,13H,3-4,9H2,1-2H3,(H,18,21)/t15-/m0/s1. The molecule has 0 spiro atoms. The maximum atomic E-state index is 12.5. The number of unbranched alkanes of at least 4 members (excludes halogenated alkanes) is 1. The summed E-state index contributed by atoms with van der Waals surface area (Å²) in [6.07, 6.45) is 1.60. The Balaban J connectivity index is 2.20. The van der Waals surface area contributed by atoms with Crippen molar-refractivity contribution in [3.63, 3.8) is 0 Å². The number of hydrogen-bond acceptors (Lipinski definition) is 3. The van der Waals surface area contributed by atoms with E-state index in [2.05, 4.69) is 10.1 Å². The topological polar surface area (TPSA) is 58.6 Å². The molecule has 0 radical (unpaired) electrons. The van der Waals surface area contributed by atoms with Gasteiger partial charge in [-0.1, -0.05) is 25.5 Å². The number of carbonyl (C=O) groups excluding carboxylic acids is 2. The van der Waals surface area contributed by atoms with Crippen molar-refractivity contribution in [1.82, 2.24) is 10.2 Å². The fourth-order valence-corrected chi connectivity index (χ4v) is 2.38. The number of benzene rings is 1. The summed E-state index contributed by atoms with van der Waals surface area (Å²) < 4.78 is 28.6. The Labute approximate surface area is 127 Å². The van der Waals surface area contributed by atoms with Gasteiger partial charge < -0.3 is 10.1 Å². The number of nitrogens with zero attached hydrogens (tertiary/aromatic N) is 1. The largest absolute Gasteiger partial charge is 0.435 e. The van der Waals surface area contributed by atoms with Crippen LogP contribution in [0.5, 0.6) is 5.75 Å². The number of alkyl halides is 2. The number of amides is 3. The van der Waals surface area contributed by atoms with Gasteiger partial charge in [-0.15, -0.1) is 0 Å². The van der Waals surface area contributed by atoms with Crippen molar-refractivity contribution in [2.24, 2.45) is 0 Å². The van der Waals surface area contributed by atoms with E-state index in [0.717, 1.165) is 12.8 Å². The predicted octanol–water partition coefficient (Wildman–Crippen LogP) is 2.86. The highest BCUT2D eigenvalue weighted by Gasteiger charge is 2.48. The second kappa shape index (κ2) is 6.29. The van der Waals surface area contributed by atoms with Gasteiger partial charge in [0.1, 0.15) is 11.3 Å². The lowest BCUT2D eigenvalue weighted by molar-refractivity contribution is -0.131. The molecule has 1 aromatic carbocycles. The van der Waals surface area contributed by atoms with Crippen LogP contribution in [0.1, 0.15) is 32.3 Å². The number of carbonyl (C=O) groups is 2. The summed E-state index contributed by atoms with van der Waals surface area (Å²) in [5, 5.41) is 2.66. The zero-order valence-corrected chi connectivity index (χ0v) is 12.4. The van der Waals surface area contributed by atoms with Crippen LogP contribution in [0.2, 0.25) is 0 Å². The number of hydrogen-bond donors (Lipinski definition) is 1. The number of halogens is 2. The first-order valence-corrected chi connectivity index (χ1v) is 7.08. The van der Waals surface area contributed by atoms with Crippen molar-refractivity contribution < 1.29 is 23.1 Å². The number of nitrogens with one attached hydrogen (secondary N) is 1. The van der Waals surface area contributed by atoms with Crippen LogP contribution in [-0.2, 0) is 10.3 Å². The van der Waals surface area contributed by atoms with Crippen molar-refractivity contribution in [2.45, 2.75) is 38.8 Å². The van der Waals surface area contributed by atoms with E-state index in [4.69, 9.17) is 0 Å². The summed E-state index contributed by atoms with van der Waals surface area (Å²) in [5.41, 5.74) is -0.666. The van der Waals surface area contributed by atoms with Gasteiger partial charge in [0.2, 0.25) is 0 Å². The van der Waals surface area contributed by atoms with E-state index >= 15 is 0 Å². The first kappa shape index (κ1) is 16.2. The van der Waals surface area contributed by atoms with Crippen LogP contribution in [-0.4, -0.2) is 30.0 Å². The zero-order valence-electron chi connectivity index (χ0n) is 12.4. The van der Waals surface area contributed by atoms with Gasteiger partial charge in [-0.3, -0.25) is 9.69 Å². The fraction of sp³-hybridized carbons (Fsp3) is 0.467. The summed E-state index contributed by atoms with van der Waals surface area (Å²) in [7, 11) is 0. The molecule has 7 heteroatoms. The number of ether oxygens (including phenoxy) is 1. The molecule has 5 nitrogen and oxygen atoms in total. The first-order valence-electron chi connectivity index (χ1n) is 7.08. The van der Waals surface area contributed by atoms with Crippen molar-refractivity contribution in [1.29, 1.82) is 0 Å². The van der Waals surface area contributed by atoms with E-state index in [1.54, 1.807) is 6.92 Å². The minimum absolute atomic E-state index is 0.00182. The van der Waals surface area contributed by atoms with Gasteiger partial charge in [0.25, 0.3) is 5.91 Å². The van der Waals surface area contributed by atoms with Gasteiger partial charge in [0, 0.05) is 6.54 Å². The summed E-state index contributed by atoms with van der Waals surface area (Å²) in [6.45, 7) is 1.03. The highest BCUT2D eigenvalue weighted by atomic mass is 19.3. The van der Waals surface area contributed by atoms with Gasteiger partial charge >= 0.3 is 12.6 Å². The van der Waals surface area contributed by atoms with Gasteiger partial charge in [-0.25, -0.2) is 4.79 Å². The second-order valence-corrected chi connectivity index (χ2v) is 5.27. The number of rotatable bonds is 6. The molecule has 1 saturated heterocycles. The fourth-order valence-electron chi connectivity index (χ4n) is 2.38. The van der Waals surface area contributed by atoms with Crippen LogP contribution in [0.25, 0.3) is 0 Å². The molecule has 0 saturated carbocycles. The van der Waals surface area contributed by atoms with E-state index in [0.29, 0.717) is 12.1 Å². The highest BCUT2D eigenvalue weighted by molar-refractivity contribution is 6.07. The Kier molecular flexibility index (Phi) is 4.63. The lowest BCUT2D eigenvalue weighted by atomic mass is 9.92. The van der Waals surface area contributed by atoms with E-state index in [1.807, 2.05) is 6.92 Å². The third kappa shape index (κ3) is 3.03. The summed E-state index contributed by atoms with van der Waals surface area (Å²) >= 11 is 0. The Hall–Kier alpha value is -2.18. The molecule has 0 bridgehead atoms. The second-order valence-electron chi connectivity index (χ2n) is 5.27. The molecule has 3 amide bonds. The Bertz CT molecular complexity index is 562. The van der Waals surface area contributed by atoms with Crippen molar-refractivity contribution in [3.8, 4) is 5.75 Å². The molecule has 1 fully saturated rings. The third-order valence-electron chi connectivity index (χ3n) is 3.67. The normalized spacial score (nSPS) is 21.4. The summed E-state index contributed by atoms with van der Waals surface area (Å²) in [4.78, 5) is 25.6. The minimum atomic E-state index is -2.90. The molecule has 1 atom stereocenters. The molecule has 1 heterocycles. The molecular weight excluding hydrogens is 294 g/mol. The SMILES string of the molecule is CCCCN1C(=O)N[C@@](C)(c2ccc(OC(F)F)cc2)C1=O. The number of urea groups is 1. The molecule has 1 aromatic rings. The first-order chi connectivity index (χ1) is 10.4. The van der Waals surface area contributed by atoms with Crippen molar-refractivity contribution >= 4 is 11.9 Å². The molecule has 2 rings (SSSR count). The molecule has 120 valence electrons. The smallest absolute Gasteiger partial charge is 0.387 e. The Morgan fingerprint density at radius 2 is 1.91 bits per heavy atom. The minimum Gasteiger partial charge on any atom is -0.435 e. The Morgan fingerprint density at radius 3 is 2.45 bits per heavy atom. The Morgan fingerprint density at radius 1 is 1.27 bits per heavy atom. The van der Waals surface area contributed by atoms with Gasteiger partial charge in [0.05, 0.1) is 0 Å². The van der Waals surface area contributed by atoms with Crippen molar-refractivity contribution in [3.05, 3.63) is 29.8 Å². The maximum absolute atomic E-state index is 12.5. The van der Waals surface area contributed by atoms with Crippen LogP contribution in [0.15, 0.2) is 24.3 Å². The molecule has 1 aliphatic heterocycles. The maximum Gasteiger partial charge on any atom is 0.387 e. The van der Waals surface area contributed by atoms with Crippen LogP contribution in [0, 0.1) is 0 Å². The van der Waals surface area contributed by atoms with Gasteiger partial charge in [-0.2, -0.15) is 8.78 Å². The van der Waals surface area contributed by atoms with Crippen LogP contribution in [0.4, 0.5) is 13.6 Å². The molecule has 1 N–H and O–H groups in total. The molecule has 0 aromatic heterocycles. The molecule has 0 unspecified atom stereocenters. The average Bonchev–Trinajstić information content (AvgIpc) is 2.68. The third-order valence-corrected chi connectivity index (χ3v) is 3.67. The van der Waals surface area contributed by atoms with Crippen LogP contribution in [0.3, 0.4) is 0 Å². The van der Waals surface area contributed by atoms with E-state index in [1.165, 1.54) is 29.2 Å². The predicted molar refractivity (Wildman–Crippen MR) is 75.6 cm³/mol. The van der Waals surface area contributed by atoms with Gasteiger partial charge in [0.15, 0.2) is 0 Å². The van der Waals surface area contributed by atoms with E-state index in [-0.39, 0.29) is 11.7 Å². The van der Waals surface area contributed by atoms with Gasteiger partial charge in [-0.05, 0) is 31.0 Å². The quantitative estimate of drug-likeness (QED) is 0.822. The monoisotopic (exact) mass is 312 g/mol. The molecular formula is C15H18F2N2O3. The van der Waals surface area contributed by atoms with E-state index < -0.39 is 18.2 Å². The van der Waals surface area contributed by atoms with Crippen LogP contribution < -0.4 is 10.1 Å². The lowest BCUT2D eigenvalue weighted by Crippen LogP contribution is -2.41. The molecule has 1 aliphatic rings. The summed E-state index contributed by atoms with van der Waals surface area (Å²) in [6, 6.07) is 5.26. The van der Waals surface area contributed by atoms with Crippen LogP contribution >= 0.6 is 0 Å². The average molecular weight is 312 g/mol. The van der Waals surface area contributed by atoms with Crippen molar-refractivity contribution in [2.75, 3.05) is 6.54 Å². The highest BCUT2D eigenvalue weighted by Crippen LogP contribution is 2.30. The lowest BCUT2D eigenvalue weighted by Gasteiger charge is -2.22. The van der Waals surface area contributed by atoms with E-state index in [9.17, 15) is 18.4 Å². The molecule has 22 heavy (non-hydrogen) atoms. The number of imide groups is 1. The zero-order chi connectivity index (χ0) is 16.3. The summed E-state index contributed by atoms with van der Waals surface area (Å²) in [5.74, 6) is -0.338. The molecule has 0 aliphatic carbocycles.